The summed E-state index contributed by atoms with van der Waals surface area (Å²) in [6, 6.07) is 0. The van der Waals surface area contributed by atoms with Crippen LogP contribution in [0, 0.1) is 0 Å². The van der Waals surface area contributed by atoms with Gasteiger partial charge < -0.3 is 30.0 Å². The van der Waals surface area contributed by atoms with Gasteiger partial charge in [-0.3, -0.25) is 0 Å². The predicted molar refractivity (Wildman–Crippen MR) is 10.8 cm³/mol. The Morgan fingerprint density at radius 1 is 0.778 bits per heavy atom. The van der Waals surface area contributed by atoms with Crippen molar-refractivity contribution in [3.63, 3.8) is 0 Å². The smallest absolute Gasteiger partial charge is 0.652 e. The number of carboxylic acid groups (broad SMARTS) is 4. The number of carbonyl (C=O) groups excluding carboxylic acids is 2. The summed E-state index contributed by atoms with van der Waals surface area (Å²) in [7, 11) is 0. The van der Waals surface area contributed by atoms with E-state index in [0.29, 0.717) is 0 Å². The van der Waals surface area contributed by atoms with Gasteiger partial charge >= 0.3 is 16.8 Å². The van der Waals surface area contributed by atoms with Gasteiger partial charge in [-0.1, -0.05) is 0 Å². The van der Waals surface area contributed by atoms with Crippen molar-refractivity contribution in [1.82, 2.24) is 0 Å². The van der Waals surface area contributed by atoms with Gasteiger partial charge in [0.2, 0.25) is 0 Å². The standard InChI is InChI=1S/2CH2O3.Co/c2*2-1(3)4;/h2*(H2,2,3,4);/q;;+4/p-4. The largest absolute Gasteiger partial charge is 4.00 e. The minimum Gasteiger partial charge on any atom is -0.652 e. The van der Waals surface area contributed by atoms with Gasteiger partial charge in [-0.15, -0.1) is 0 Å². The summed E-state index contributed by atoms with van der Waals surface area (Å²) >= 11 is 0. The molecular weight excluding hydrogens is 179 g/mol. The van der Waals surface area contributed by atoms with Crippen molar-refractivity contribution in [1.29, 1.82) is 0 Å². The molecule has 0 aromatic carbocycles. The van der Waals surface area contributed by atoms with Crippen LogP contribution in [0.3, 0.4) is 0 Å². The third-order valence-electron chi connectivity index (χ3n) is 0. The third-order valence-corrected chi connectivity index (χ3v) is 0. The maximum atomic E-state index is 8.33. The molecule has 0 bridgehead atoms. The molecule has 0 spiro atoms. The Morgan fingerprint density at radius 2 is 0.778 bits per heavy atom. The van der Waals surface area contributed by atoms with Crippen molar-refractivity contribution < 1.29 is 46.8 Å². The van der Waals surface area contributed by atoms with Gasteiger partial charge in [-0.25, -0.2) is 0 Å². The molecule has 9 heavy (non-hydrogen) atoms. The first kappa shape index (κ1) is 15.7. The van der Waals surface area contributed by atoms with Crippen LogP contribution in [-0.4, -0.2) is 12.3 Å². The molecule has 0 saturated heterocycles. The van der Waals surface area contributed by atoms with Gasteiger partial charge in [0.25, 0.3) is 0 Å². The zero-order valence-corrected chi connectivity index (χ0v) is 4.82. The average Bonchev–Trinajstić information content (AvgIpc) is 1.25. The van der Waals surface area contributed by atoms with E-state index in [1.165, 1.54) is 0 Å². The monoisotopic (exact) mass is 179 g/mol. The van der Waals surface area contributed by atoms with E-state index in [0.717, 1.165) is 0 Å². The number of hydrogen-bond acceptors (Lipinski definition) is 6. The predicted octanol–water partition coefficient (Wildman–Crippen LogP) is -4.90. The van der Waals surface area contributed by atoms with Crippen LogP contribution in [0.25, 0.3) is 0 Å². The first-order valence-electron chi connectivity index (χ1n) is 1.22. The Bertz CT molecular complexity index is 69.1. The van der Waals surface area contributed by atoms with E-state index in [2.05, 4.69) is 0 Å². The fraction of sp³-hybridized carbons (Fsp3) is 0. The van der Waals surface area contributed by atoms with E-state index in [4.69, 9.17) is 30.0 Å². The molecule has 0 rings (SSSR count). The van der Waals surface area contributed by atoms with Crippen LogP contribution < -0.4 is 20.4 Å². The minimum absolute atomic E-state index is 0. The molecule has 0 fully saturated rings. The van der Waals surface area contributed by atoms with Crippen molar-refractivity contribution in [2.45, 2.75) is 0 Å². The molecule has 53 valence electrons. The zero-order valence-electron chi connectivity index (χ0n) is 3.78. The van der Waals surface area contributed by atoms with Crippen LogP contribution in [0.2, 0.25) is 0 Å². The molecular formula is C2CoO6. The van der Waals surface area contributed by atoms with Gasteiger partial charge in [0.15, 0.2) is 0 Å². The van der Waals surface area contributed by atoms with Gasteiger partial charge in [0, 0.05) is 0 Å². The molecule has 0 aliphatic rings. The molecule has 0 aliphatic carbocycles. The Morgan fingerprint density at radius 3 is 0.778 bits per heavy atom. The maximum Gasteiger partial charge on any atom is 4.00 e. The van der Waals surface area contributed by atoms with Crippen LogP contribution in [-0.2, 0) is 16.8 Å². The summed E-state index contributed by atoms with van der Waals surface area (Å²) in [6.07, 6.45) is -4.67. The van der Waals surface area contributed by atoms with E-state index in [1.807, 2.05) is 0 Å². The summed E-state index contributed by atoms with van der Waals surface area (Å²) in [4.78, 5) is 16.7. The van der Waals surface area contributed by atoms with Gasteiger partial charge in [0.05, 0.1) is 0 Å². The SMILES string of the molecule is O=C([O-])[O-].O=C([O-])[O-].[Co+4]. The van der Waals surface area contributed by atoms with Crippen molar-refractivity contribution in [3.8, 4) is 0 Å². The van der Waals surface area contributed by atoms with Crippen molar-refractivity contribution in [2.75, 3.05) is 0 Å². The Hall–Kier alpha value is -0.954. The second-order valence-electron chi connectivity index (χ2n) is 0.500. The summed E-state index contributed by atoms with van der Waals surface area (Å²) in [5.41, 5.74) is 0. The quantitative estimate of drug-likeness (QED) is 0.366. The molecule has 0 aromatic heterocycles. The molecule has 6 nitrogen and oxygen atoms in total. The van der Waals surface area contributed by atoms with Crippen molar-refractivity contribution >= 4 is 12.3 Å². The summed E-state index contributed by atoms with van der Waals surface area (Å²) in [5.74, 6) is 0. The van der Waals surface area contributed by atoms with E-state index in [1.54, 1.807) is 0 Å². The fourth-order valence-electron chi connectivity index (χ4n) is 0. The summed E-state index contributed by atoms with van der Waals surface area (Å²) in [5, 5.41) is 33.3. The molecule has 0 atom stereocenters. The topological polar surface area (TPSA) is 126 Å². The maximum absolute atomic E-state index is 8.33. The van der Waals surface area contributed by atoms with Gasteiger partial charge in [-0.05, 0) is 12.3 Å². The van der Waals surface area contributed by atoms with Crippen LogP contribution in [0.1, 0.15) is 0 Å². The molecule has 0 amide bonds. The normalized spacial score (nSPS) is 5.33. The van der Waals surface area contributed by atoms with E-state index in [9.17, 15) is 0 Å². The molecule has 0 aromatic rings. The van der Waals surface area contributed by atoms with Crippen molar-refractivity contribution in [3.05, 3.63) is 0 Å². The van der Waals surface area contributed by atoms with Crippen LogP contribution in [0.4, 0.5) is 9.59 Å². The third kappa shape index (κ3) is 197. The number of carbonyl (C=O) groups is 2. The average molecular weight is 179 g/mol. The van der Waals surface area contributed by atoms with Gasteiger partial charge in [-0.2, -0.15) is 0 Å². The first-order valence-corrected chi connectivity index (χ1v) is 1.22. The van der Waals surface area contributed by atoms with Crippen molar-refractivity contribution in [2.24, 2.45) is 0 Å². The molecule has 0 N–H and O–H groups in total. The Kier molecular flexibility index (Phi) is 17.6. The molecule has 0 heterocycles. The van der Waals surface area contributed by atoms with Crippen LogP contribution in [0.15, 0.2) is 0 Å². The molecule has 0 unspecified atom stereocenters. The van der Waals surface area contributed by atoms with Crippen LogP contribution >= 0.6 is 0 Å². The summed E-state index contributed by atoms with van der Waals surface area (Å²) < 4.78 is 0. The minimum atomic E-state index is -2.33. The second kappa shape index (κ2) is 10.1. The number of hydrogen-bond donors (Lipinski definition) is 0. The Labute approximate surface area is 59.9 Å². The molecule has 0 aliphatic heterocycles. The summed E-state index contributed by atoms with van der Waals surface area (Å²) in [6.45, 7) is 0. The van der Waals surface area contributed by atoms with Crippen LogP contribution in [0.5, 0.6) is 0 Å². The first-order chi connectivity index (χ1) is 3.46. The zero-order chi connectivity index (χ0) is 7.15. The number of rotatable bonds is 0. The van der Waals surface area contributed by atoms with E-state index < -0.39 is 12.3 Å². The Balaban J connectivity index is -0.0000000720. The molecule has 0 saturated carbocycles. The molecule has 7 heteroatoms. The second-order valence-corrected chi connectivity index (χ2v) is 0.500. The molecule has 1 radical (unpaired) electrons. The van der Waals surface area contributed by atoms with E-state index in [-0.39, 0.29) is 16.8 Å². The fourth-order valence-corrected chi connectivity index (χ4v) is 0. The van der Waals surface area contributed by atoms with E-state index >= 15 is 0 Å². The van der Waals surface area contributed by atoms with Gasteiger partial charge in [0.1, 0.15) is 0 Å².